The van der Waals surface area contributed by atoms with Crippen LogP contribution >= 0.6 is 11.3 Å². The smallest absolute Gasteiger partial charge is 0.265 e. The van der Waals surface area contributed by atoms with Gasteiger partial charge in [0.05, 0.1) is 16.3 Å². The average molecular weight is 353 g/mol. The summed E-state index contributed by atoms with van der Waals surface area (Å²) in [5, 5.41) is 12.2. The summed E-state index contributed by atoms with van der Waals surface area (Å²) in [6, 6.07) is 0. The summed E-state index contributed by atoms with van der Waals surface area (Å²) in [6.07, 6.45) is 3.27. The minimum absolute atomic E-state index is 0.0809. The van der Waals surface area contributed by atoms with E-state index in [-0.39, 0.29) is 17.7 Å². The summed E-state index contributed by atoms with van der Waals surface area (Å²) in [5.74, 6) is 0.450. The molecule has 5 nitrogen and oxygen atoms in total. The van der Waals surface area contributed by atoms with E-state index in [0.717, 1.165) is 48.1 Å². The molecule has 0 radical (unpaired) electrons. The predicted molar refractivity (Wildman–Crippen MR) is 94.4 cm³/mol. The lowest BCUT2D eigenvalue weighted by Crippen LogP contribution is -2.56. The lowest BCUT2D eigenvalue weighted by atomic mass is 9.70. The largest absolute Gasteiger partial charge is 0.389 e. The number of aryl methyl sites for hydroxylation is 2. The SMILES string of the molecule is CCc1nc(C)sc1C(=O)N1CCC(O)(C2CCOCC2)C(C)C1. The third kappa shape index (κ3) is 3.24. The number of carbonyl (C=O) groups excluding carboxylic acids is 1. The summed E-state index contributed by atoms with van der Waals surface area (Å²) in [6.45, 7) is 8.78. The lowest BCUT2D eigenvalue weighted by molar-refractivity contribution is -0.125. The van der Waals surface area contributed by atoms with Crippen LogP contribution in [-0.4, -0.2) is 52.8 Å². The summed E-state index contributed by atoms with van der Waals surface area (Å²) in [5.41, 5.74) is 0.234. The van der Waals surface area contributed by atoms with Crippen LogP contribution in [0.1, 0.15) is 53.5 Å². The Kier molecular flexibility index (Phi) is 5.27. The van der Waals surface area contributed by atoms with Gasteiger partial charge in [-0.1, -0.05) is 13.8 Å². The van der Waals surface area contributed by atoms with Crippen LogP contribution < -0.4 is 0 Å². The quantitative estimate of drug-likeness (QED) is 0.908. The van der Waals surface area contributed by atoms with Gasteiger partial charge in [-0.3, -0.25) is 4.79 Å². The van der Waals surface area contributed by atoms with Crippen molar-refractivity contribution >= 4 is 17.2 Å². The monoisotopic (exact) mass is 352 g/mol. The highest BCUT2D eigenvalue weighted by atomic mass is 32.1. The van der Waals surface area contributed by atoms with Gasteiger partial charge in [0.2, 0.25) is 0 Å². The van der Waals surface area contributed by atoms with Gasteiger partial charge in [0.15, 0.2) is 0 Å². The number of ether oxygens (including phenoxy) is 1. The first kappa shape index (κ1) is 17.8. The topological polar surface area (TPSA) is 62.7 Å². The number of carbonyl (C=O) groups is 1. The minimum atomic E-state index is -0.669. The number of amides is 1. The summed E-state index contributed by atoms with van der Waals surface area (Å²) < 4.78 is 5.43. The van der Waals surface area contributed by atoms with Crippen molar-refractivity contribution in [3.8, 4) is 0 Å². The van der Waals surface area contributed by atoms with E-state index in [1.807, 2.05) is 18.7 Å². The molecule has 134 valence electrons. The summed E-state index contributed by atoms with van der Waals surface area (Å²) in [7, 11) is 0. The summed E-state index contributed by atoms with van der Waals surface area (Å²) >= 11 is 1.49. The number of aromatic nitrogens is 1. The molecule has 2 unspecified atom stereocenters. The van der Waals surface area contributed by atoms with Crippen molar-refractivity contribution in [2.75, 3.05) is 26.3 Å². The molecule has 0 saturated carbocycles. The zero-order chi connectivity index (χ0) is 17.3. The van der Waals surface area contributed by atoms with Gasteiger partial charge in [0, 0.05) is 32.2 Å². The van der Waals surface area contributed by atoms with Crippen LogP contribution in [0, 0.1) is 18.8 Å². The number of rotatable bonds is 3. The number of piperidine rings is 1. The van der Waals surface area contributed by atoms with E-state index in [1.54, 1.807) is 0 Å². The minimum Gasteiger partial charge on any atom is -0.389 e. The van der Waals surface area contributed by atoms with E-state index in [9.17, 15) is 9.90 Å². The maximum absolute atomic E-state index is 12.9. The lowest BCUT2D eigenvalue weighted by Gasteiger charge is -2.48. The van der Waals surface area contributed by atoms with Crippen LogP contribution in [0.3, 0.4) is 0 Å². The number of nitrogens with zero attached hydrogens (tertiary/aromatic N) is 2. The van der Waals surface area contributed by atoms with Gasteiger partial charge < -0.3 is 14.7 Å². The van der Waals surface area contributed by atoms with Crippen molar-refractivity contribution in [2.24, 2.45) is 11.8 Å². The molecule has 3 rings (SSSR count). The fraction of sp³-hybridized carbons (Fsp3) is 0.778. The van der Waals surface area contributed by atoms with Crippen molar-refractivity contribution < 1.29 is 14.6 Å². The average Bonchev–Trinajstić information content (AvgIpc) is 2.98. The Morgan fingerprint density at radius 3 is 2.79 bits per heavy atom. The number of thiazole rings is 1. The van der Waals surface area contributed by atoms with E-state index in [4.69, 9.17) is 4.74 Å². The van der Waals surface area contributed by atoms with E-state index in [2.05, 4.69) is 11.9 Å². The standard InChI is InChI=1S/C18H28N2O3S/c1-4-15-16(24-13(3)19-15)17(21)20-8-7-18(22,12(2)11-20)14-5-9-23-10-6-14/h12,14,22H,4-11H2,1-3H3. The molecule has 2 aliphatic rings. The third-order valence-corrected chi connectivity index (χ3v) is 6.68. The molecule has 1 aromatic heterocycles. The van der Waals surface area contributed by atoms with Gasteiger partial charge in [-0.05, 0) is 38.5 Å². The third-order valence-electron chi connectivity index (χ3n) is 5.68. The second-order valence-electron chi connectivity index (χ2n) is 7.14. The van der Waals surface area contributed by atoms with Gasteiger partial charge in [-0.15, -0.1) is 11.3 Å². The molecule has 6 heteroatoms. The predicted octanol–water partition coefficient (Wildman–Crippen LogP) is 2.65. The molecule has 2 aliphatic heterocycles. The second kappa shape index (κ2) is 7.10. The highest BCUT2D eigenvalue weighted by molar-refractivity contribution is 7.13. The maximum Gasteiger partial charge on any atom is 0.265 e. The molecule has 0 aliphatic carbocycles. The van der Waals surface area contributed by atoms with E-state index >= 15 is 0 Å². The molecular weight excluding hydrogens is 324 g/mol. The van der Waals surface area contributed by atoms with Crippen molar-refractivity contribution in [1.82, 2.24) is 9.88 Å². The molecule has 2 fully saturated rings. The Labute approximate surface area is 148 Å². The Balaban J connectivity index is 1.71. The molecule has 0 spiro atoms. The van der Waals surface area contributed by atoms with E-state index < -0.39 is 5.60 Å². The molecular formula is C18H28N2O3S. The normalized spacial score (nSPS) is 29.0. The molecule has 1 N–H and O–H groups in total. The van der Waals surface area contributed by atoms with Crippen LogP contribution in [0.25, 0.3) is 0 Å². The number of hydrogen-bond donors (Lipinski definition) is 1. The number of hydrogen-bond acceptors (Lipinski definition) is 5. The van der Waals surface area contributed by atoms with Crippen molar-refractivity contribution in [1.29, 1.82) is 0 Å². The first-order valence-corrected chi connectivity index (χ1v) is 9.83. The van der Waals surface area contributed by atoms with Crippen molar-refractivity contribution in [3.63, 3.8) is 0 Å². The highest BCUT2D eigenvalue weighted by Gasteiger charge is 2.46. The van der Waals surface area contributed by atoms with Crippen molar-refractivity contribution in [2.45, 2.75) is 52.1 Å². The first-order valence-electron chi connectivity index (χ1n) is 9.01. The zero-order valence-electron chi connectivity index (χ0n) is 14.9. The molecule has 3 heterocycles. The Hall–Kier alpha value is -0.980. The molecule has 2 saturated heterocycles. The highest BCUT2D eigenvalue weighted by Crippen LogP contribution is 2.39. The Morgan fingerprint density at radius 1 is 1.46 bits per heavy atom. The fourth-order valence-electron chi connectivity index (χ4n) is 4.15. The zero-order valence-corrected chi connectivity index (χ0v) is 15.7. The number of aliphatic hydroxyl groups is 1. The maximum atomic E-state index is 12.9. The first-order chi connectivity index (χ1) is 11.5. The van der Waals surface area contributed by atoms with Crippen LogP contribution in [0.2, 0.25) is 0 Å². The molecule has 0 bridgehead atoms. The van der Waals surface area contributed by atoms with Gasteiger partial charge >= 0.3 is 0 Å². The van der Waals surface area contributed by atoms with Crippen LogP contribution in [0.5, 0.6) is 0 Å². The number of likely N-dealkylation sites (tertiary alicyclic amines) is 1. The van der Waals surface area contributed by atoms with Crippen LogP contribution in [0.15, 0.2) is 0 Å². The van der Waals surface area contributed by atoms with E-state index in [1.165, 1.54) is 11.3 Å². The second-order valence-corrected chi connectivity index (χ2v) is 8.35. The van der Waals surface area contributed by atoms with Gasteiger partial charge in [-0.25, -0.2) is 4.98 Å². The van der Waals surface area contributed by atoms with Crippen LogP contribution in [0.4, 0.5) is 0 Å². The molecule has 1 aromatic rings. The summed E-state index contributed by atoms with van der Waals surface area (Å²) in [4.78, 5) is 20.1. The van der Waals surface area contributed by atoms with Gasteiger partial charge in [0.25, 0.3) is 5.91 Å². The van der Waals surface area contributed by atoms with Gasteiger partial charge in [-0.2, -0.15) is 0 Å². The molecule has 2 atom stereocenters. The fourth-order valence-corrected chi connectivity index (χ4v) is 5.12. The molecule has 1 amide bonds. The van der Waals surface area contributed by atoms with Gasteiger partial charge in [0.1, 0.15) is 4.88 Å². The molecule has 24 heavy (non-hydrogen) atoms. The van der Waals surface area contributed by atoms with Crippen LogP contribution in [-0.2, 0) is 11.2 Å². The van der Waals surface area contributed by atoms with Crippen molar-refractivity contribution in [3.05, 3.63) is 15.6 Å². The molecule has 0 aromatic carbocycles. The Bertz CT molecular complexity index is 597. The Morgan fingerprint density at radius 2 is 2.17 bits per heavy atom. The van der Waals surface area contributed by atoms with E-state index in [0.29, 0.717) is 19.5 Å².